The molecule has 2 rings (SSSR count). The van der Waals surface area contributed by atoms with Crippen LogP contribution in [0.1, 0.15) is 20.3 Å². The molecule has 0 aliphatic carbocycles. The minimum atomic E-state index is -0.271. The second-order valence-corrected chi connectivity index (χ2v) is 3.92. The van der Waals surface area contributed by atoms with Crippen molar-refractivity contribution in [2.45, 2.75) is 38.1 Å². The van der Waals surface area contributed by atoms with Gasteiger partial charge in [0, 0.05) is 13.0 Å². The van der Waals surface area contributed by atoms with Gasteiger partial charge in [-0.25, -0.2) is 0 Å². The Kier molecular flexibility index (Phi) is 2.04. The average molecular weight is 185 g/mol. The van der Waals surface area contributed by atoms with Crippen LogP contribution in [0.3, 0.4) is 0 Å². The molecule has 0 radical (unpaired) electrons. The molecule has 2 fully saturated rings. The summed E-state index contributed by atoms with van der Waals surface area (Å²) >= 11 is 0. The highest BCUT2D eigenvalue weighted by atomic mass is 16.6. The van der Waals surface area contributed by atoms with Gasteiger partial charge in [-0.15, -0.1) is 0 Å². The molecule has 1 N–H and O–H groups in total. The van der Waals surface area contributed by atoms with Crippen molar-refractivity contribution in [3.8, 4) is 0 Å². The molecule has 0 bridgehead atoms. The molecule has 0 aromatic rings. The predicted molar refractivity (Wildman–Crippen MR) is 46.3 cm³/mol. The van der Waals surface area contributed by atoms with Crippen LogP contribution in [0.5, 0.6) is 0 Å². The Morgan fingerprint density at radius 3 is 2.77 bits per heavy atom. The fraction of sp³-hybridized carbons (Fsp3) is 0.889. The normalized spacial score (nSPS) is 45.2. The summed E-state index contributed by atoms with van der Waals surface area (Å²) in [4.78, 5) is 10.9. The van der Waals surface area contributed by atoms with Crippen LogP contribution in [0.2, 0.25) is 0 Å². The molecule has 4 nitrogen and oxygen atoms in total. The van der Waals surface area contributed by atoms with Crippen LogP contribution in [0.25, 0.3) is 0 Å². The van der Waals surface area contributed by atoms with Gasteiger partial charge in [-0.3, -0.25) is 4.79 Å². The average Bonchev–Trinajstić information content (AvgIpc) is 2.34. The molecule has 2 aliphatic heterocycles. The number of hydrogen-bond acceptors (Lipinski definition) is 3. The maximum Gasteiger partial charge on any atom is 0.246 e. The molecule has 13 heavy (non-hydrogen) atoms. The zero-order valence-corrected chi connectivity index (χ0v) is 8.00. The molecule has 4 heteroatoms. The lowest BCUT2D eigenvalue weighted by atomic mass is 9.93. The maximum absolute atomic E-state index is 10.9. The summed E-state index contributed by atoms with van der Waals surface area (Å²) in [5, 5.41) is 2.82. The lowest BCUT2D eigenvalue weighted by Crippen LogP contribution is -2.55. The monoisotopic (exact) mass is 185 g/mol. The van der Waals surface area contributed by atoms with E-state index < -0.39 is 0 Å². The zero-order chi connectivity index (χ0) is 9.47. The first-order valence-corrected chi connectivity index (χ1v) is 4.68. The van der Waals surface area contributed by atoms with Gasteiger partial charge >= 0.3 is 0 Å². The molecule has 2 saturated heterocycles. The fourth-order valence-electron chi connectivity index (χ4n) is 2.12. The second kappa shape index (κ2) is 2.96. The van der Waals surface area contributed by atoms with E-state index in [1.54, 1.807) is 0 Å². The molecule has 0 aromatic heterocycles. The van der Waals surface area contributed by atoms with Gasteiger partial charge in [-0.2, -0.15) is 0 Å². The number of hydrogen-bond donors (Lipinski definition) is 1. The third-order valence-electron chi connectivity index (χ3n) is 2.89. The third-order valence-corrected chi connectivity index (χ3v) is 2.89. The molecule has 2 aliphatic rings. The first-order chi connectivity index (χ1) is 6.12. The first kappa shape index (κ1) is 8.97. The minimum absolute atomic E-state index is 0.0302. The van der Waals surface area contributed by atoms with Gasteiger partial charge in [0.05, 0.1) is 12.2 Å². The minimum Gasteiger partial charge on any atom is -0.372 e. The lowest BCUT2D eigenvalue weighted by Gasteiger charge is -2.35. The Bertz CT molecular complexity index is 219. The molecule has 3 atom stereocenters. The Morgan fingerprint density at radius 1 is 1.54 bits per heavy atom. The Labute approximate surface area is 77.6 Å². The van der Waals surface area contributed by atoms with Gasteiger partial charge in [-0.05, 0) is 13.8 Å². The van der Waals surface area contributed by atoms with Gasteiger partial charge in [0.2, 0.25) is 5.91 Å². The molecular formula is C9H15NO3. The highest BCUT2D eigenvalue weighted by molar-refractivity contribution is 5.78. The summed E-state index contributed by atoms with van der Waals surface area (Å²) in [6.07, 6.45) is 1.17. The summed E-state index contributed by atoms with van der Waals surface area (Å²) in [6.45, 7) is 4.78. The summed E-state index contributed by atoms with van der Waals surface area (Å²) in [6, 6.07) is 0. The van der Waals surface area contributed by atoms with Crippen molar-refractivity contribution in [3.05, 3.63) is 0 Å². The van der Waals surface area contributed by atoms with E-state index >= 15 is 0 Å². The smallest absolute Gasteiger partial charge is 0.246 e. The predicted octanol–water partition coefficient (Wildman–Crippen LogP) is 0.0689. The Morgan fingerprint density at radius 2 is 2.31 bits per heavy atom. The van der Waals surface area contributed by atoms with Crippen molar-refractivity contribution in [1.82, 2.24) is 5.32 Å². The van der Waals surface area contributed by atoms with Crippen molar-refractivity contribution in [1.29, 1.82) is 0 Å². The molecule has 0 aromatic carbocycles. The summed E-state index contributed by atoms with van der Waals surface area (Å²) < 4.78 is 11.2. The van der Waals surface area contributed by atoms with Crippen LogP contribution in [0.15, 0.2) is 0 Å². The standard InChI is InChI=1S/C9H15NO3/c1-6-3-9(7(2)13-6)5-10-8(11)4-12-9/h6-7H,3-5H2,1-2H3,(H,10,11). The van der Waals surface area contributed by atoms with E-state index in [0.717, 1.165) is 6.42 Å². The number of rotatable bonds is 0. The van der Waals surface area contributed by atoms with Crippen LogP contribution in [-0.2, 0) is 14.3 Å². The number of carbonyl (C=O) groups is 1. The topological polar surface area (TPSA) is 47.6 Å². The fourth-order valence-corrected chi connectivity index (χ4v) is 2.12. The van der Waals surface area contributed by atoms with Crippen LogP contribution in [0.4, 0.5) is 0 Å². The van der Waals surface area contributed by atoms with Gasteiger partial charge in [-0.1, -0.05) is 0 Å². The lowest BCUT2D eigenvalue weighted by molar-refractivity contribution is -0.149. The van der Waals surface area contributed by atoms with E-state index in [9.17, 15) is 4.79 Å². The number of ether oxygens (including phenoxy) is 2. The van der Waals surface area contributed by atoms with Crippen LogP contribution >= 0.6 is 0 Å². The van der Waals surface area contributed by atoms with Crippen molar-refractivity contribution in [2.24, 2.45) is 0 Å². The summed E-state index contributed by atoms with van der Waals surface area (Å²) in [5.74, 6) is -0.0302. The molecule has 1 amide bonds. The van der Waals surface area contributed by atoms with Crippen LogP contribution in [-0.4, -0.2) is 36.9 Å². The van der Waals surface area contributed by atoms with Crippen LogP contribution in [0, 0.1) is 0 Å². The van der Waals surface area contributed by atoms with Gasteiger partial charge in [0.25, 0.3) is 0 Å². The van der Waals surface area contributed by atoms with Crippen molar-refractivity contribution in [2.75, 3.05) is 13.2 Å². The SMILES string of the molecule is CC1CC2(CNC(=O)CO2)C(C)O1. The molecule has 3 unspecified atom stereocenters. The zero-order valence-electron chi connectivity index (χ0n) is 8.00. The molecular weight excluding hydrogens is 170 g/mol. The summed E-state index contributed by atoms with van der Waals surface area (Å²) in [5.41, 5.74) is -0.271. The van der Waals surface area contributed by atoms with Crippen molar-refractivity contribution in [3.63, 3.8) is 0 Å². The van der Waals surface area contributed by atoms with Gasteiger partial charge in [0.1, 0.15) is 12.2 Å². The highest BCUT2D eigenvalue weighted by Gasteiger charge is 2.48. The van der Waals surface area contributed by atoms with Crippen molar-refractivity contribution < 1.29 is 14.3 Å². The van der Waals surface area contributed by atoms with Gasteiger partial charge in [0.15, 0.2) is 0 Å². The van der Waals surface area contributed by atoms with E-state index in [2.05, 4.69) is 5.32 Å². The molecule has 2 heterocycles. The van der Waals surface area contributed by atoms with Crippen molar-refractivity contribution >= 4 is 5.91 Å². The van der Waals surface area contributed by atoms with Crippen LogP contribution < -0.4 is 5.32 Å². The molecule has 74 valence electrons. The van der Waals surface area contributed by atoms with E-state index in [1.165, 1.54) is 0 Å². The van der Waals surface area contributed by atoms with Gasteiger partial charge < -0.3 is 14.8 Å². The number of nitrogens with one attached hydrogen (secondary N) is 1. The Hall–Kier alpha value is -0.610. The van der Waals surface area contributed by atoms with E-state index in [-0.39, 0.29) is 30.3 Å². The maximum atomic E-state index is 10.9. The molecule has 1 spiro atoms. The highest BCUT2D eigenvalue weighted by Crippen LogP contribution is 2.34. The summed E-state index contributed by atoms with van der Waals surface area (Å²) in [7, 11) is 0. The molecule has 0 saturated carbocycles. The van der Waals surface area contributed by atoms with E-state index in [1.807, 2.05) is 13.8 Å². The largest absolute Gasteiger partial charge is 0.372 e. The number of amides is 1. The van der Waals surface area contributed by atoms with E-state index in [4.69, 9.17) is 9.47 Å². The second-order valence-electron chi connectivity index (χ2n) is 3.92. The quantitative estimate of drug-likeness (QED) is 0.581. The number of carbonyl (C=O) groups excluding carboxylic acids is 1. The number of morpholine rings is 1. The Balaban J connectivity index is 2.08. The third kappa shape index (κ3) is 1.44. The van der Waals surface area contributed by atoms with E-state index in [0.29, 0.717) is 6.54 Å². The first-order valence-electron chi connectivity index (χ1n) is 4.68.